The Morgan fingerprint density at radius 2 is 1.96 bits per heavy atom. The van der Waals surface area contributed by atoms with Gasteiger partial charge >= 0.3 is 0 Å². The molecule has 3 heterocycles. The van der Waals surface area contributed by atoms with E-state index in [1.54, 1.807) is 0 Å². The number of anilines is 1. The maximum Gasteiger partial charge on any atom is 0.167 e. The quantitative estimate of drug-likeness (QED) is 0.473. The molecule has 10 heteroatoms. The van der Waals surface area contributed by atoms with Crippen molar-refractivity contribution in [3.8, 4) is 0 Å². The van der Waals surface area contributed by atoms with Gasteiger partial charge in [-0.15, -0.1) is 0 Å². The average Bonchev–Trinajstić information content (AvgIpc) is 3.25. The molecule has 0 bridgehead atoms. The first-order valence-electron chi connectivity index (χ1n) is 8.87. The predicted octanol–water partition coefficient (Wildman–Crippen LogP) is 0.746. The lowest BCUT2D eigenvalue weighted by atomic mass is 10.1. The molecule has 0 saturated carbocycles. The van der Waals surface area contributed by atoms with E-state index in [0.29, 0.717) is 35.0 Å². The van der Waals surface area contributed by atoms with Gasteiger partial charge in [0.05, 0.1) is 12.9 Å². The minimum absolute atomic E-state index is 0.398. The molecule has 0 spiro atoms. The molecule has 0 radical (unpaired) electrons. The number of aliphatic hydroxyl groups excluding tert-OH is 3. The Hall–Kier alpha value is -2.30. The molecule has 4 atom stereocenters. The summed E-state index contributed by atoms with van der Waals surface area (Å²) in [7, 11) is 0. The summed E-state index contributed by atoms with van der Waals surface area (Å²) in [6.45, 7) is 0.196. The number of ether oxygens (including phenoxy) is 1. The van der Waals surface area contributed by atoms with Crippen LogP contribution in [0, 0.1) is 0 Å². The molecule has 1 aromatic carbocycles. The lowest BCUT2D eigenvalue weighted by Gasteiger charge is -2.16. The molecule has 4 rings (SSSR count). The van der Waals surface area contributed by atoms with E-state index >= 15 is 0 Å². The zero-order chi connectivity index (χ0) is 19.7. The van der Waals surface area contributed by atoms with Crippen LogP contribution in [0.2, 0.25) is 5.02 Å². The largest absolute Gasteiger partial charge is 0.394 e. The summed E-state index contributed by atoms with van der Waals surface area (Å²) in [6.07, 6.45) is -0.599. The highest BCUT2D eigenvalue weighted by Crippen LogP contribution is 2.32. The van der Waals surface area contributed by atoms with Crippen LogP contribution in [0.3, 0.4) is 0 Å². The summed E-state index contributed by atoms with van der Waals surface area (Å²) in [6, 6.07) is 7.64. The molecule has 1 fully saturated rings. The number of rotatable bonds is 6. The number of fused-ring (bicyclic) bond motifs is 1. The second-order valence-corrected chi connectivity index (χ2v) is 6.95. The van der Waals surface area contributed by atoms with Crippen LogP contribution >= 0.6 is 11.6 Å². The van der Waals surface area contributed by atoms with Crippen molar-refractivity contribution < 1.29 is 20.1 Å². The minimum Gasteiger partial charge on any atom is -0.394 e. The molecule has 148 valence electrons. The van der Waals surface area contributed by atoms with Crippen LogP contribution in [-0.4, -0.2) is 66.3 Å². The highest BCUT2D eigenvalue weighted by atomic mass is 35.5. The first-order valence-corrected chi connectivity index (χ1v) is 9.25. The fourth-order valence-corrected chi connectivity index (χ4v) is 3.52. The molecule has 1 aliphatic rings. The highest BCUT2D eigenvalue weighted by Gasteiger charge is 2.44. The topological polar surface area (TPSA) is 126 Å². The Morgan fingerprint density at radius 1 is 1.14 bits per heavy atom. The highest BCUT2D eigenvalue weighted by molar-refractivity contribution is 6.31. The van der Waals surface area contributed by atoms with Gasteiger partial charge in [0.15, 0.2) is 23.2 Å². The van der Waals surface area contributed by atoms with Crippen LogP contribution < -0.4 is 5.32 Å². The molecule has 4 N–H and O–H groups in total. The summed E-state index contributed by atoms with van der Waals surface area (Å²) in [5, 5.41) is 33.4. The number of hydrogen-bond acceptors (Lipinski definition) is 8. The van der Waals surface area contributed by atoms with E-state index in [-0.39, 0.29) is 0 Å². The normalized spacial score (nSPS) is 24.7. The zero-order valence-corrected chi connectivity index (χ0v) is 15.6. The number of nitrogens with zero attached hydrogens (tertiary/aromatic N) is 4. The zero-order valence-electron chi connectivity index (χ0n) is 14.8. The maximum atomic E-state index is 10.2. The van der Waals surface area contributed by atoms with Gasteiger partial charge in [0, 0.05) is 11.6 Å². The third-order valence-electron chi connectivity index (χ3n) is 4.79. The van der Waals surface area contributed by atoms with Crippen LogP contribution in [0.25, 0.3) is 11.2 Å². The average molecular weight is 406 g/mol. The molecule has 1 saturated heterocycles. The van der Waals surface area contributed by atoms with Gasteiger partial charge in [-0.3, -0.25) is 4.57 Å². The van der Waals surface area contributed by atoms with Gasteiger partial charge in [0.25, 0.3) is 0 Å². The number of hydrogen-bond donors (Lipinski definition) is 4. The smallest absolute Gasteiger partial charge is 0.167 e. The van der Waals surface area contributed by atoms with Gasteiger partial charge < -0.3 is 25.4 Å². The van der Waals surface area contributed by atoms with Crippen molar-refractivity contribution in [2.75, 3.05) is 18.5 Å². The number of aromatic nitrogens is 4. The number of imidazole rings is 1. The Labute approximate surface area is 165 Å². The van der Waals surface area contributed by atoms with Gasteiger partial charge in [-0.2, -0.15) is 0 Å². The Balaban J connectivity index is 1.53. The lowest BCUT2D eigenvalue weighted by Crippen LogP contribution is -2.33. The molecule has 1 aliphatic heterocycles. The first-order chi connectivity index (χ1) is 13.6. The van der Waals surface area contributed by atoms with Crippen LogP contribution in [0.1, 0.15) is 11.8 Å². The lowest BCUT2D eigenvalue weighted by molar-refractivity contribution is -0.0511. The number of nitrogens with one attached hydrogen (secondary N) is 1. The van der Waals surface area contributed by atoms with Crippen molar-refractivity contribution in [2.24, 2.45) is 0 Å². The van der Waals surface area contributed by atoms with Crippen molar-refractivity contribution in [3.63, 3.8) is 0 Å². The molecule has 28 heavy (non-hydrogen) atoms. The van der Waals surface area contributed by atoms with Crippen LogP contribution in [0.5, 0.6) is 0 Å². The monoisotopic (exact) mass is 405 g/mol. The van der Waals surface area contributed by atoms with Crippen molar-refractivity contribution >= 4 is 28.6 Å². The van der Waals surface area contributed by atoms with E-state index in [0.717, 1.165) is 5.56 Å². The van der Waals surface area contributed by atoms with E-state index in [4.69, 9.17) is 16.3 Å². The van der Waals surface area contributed by atoms with Gasteiger partial charge in [0.2, 0.25) is 0 Å². The van der Waals surface area contributed by atoms with Gasteiger partial charge in [-0.1, -0.05) is 29.8 Å². The number of halogens is 1. The minimum atomic E-state index is -1.21. The van der Waals surface area contributed by atoms with E-state index in [1.165, 1.54) is 17.2 Å². The standard InChI is InChI=1S/C18H20ClN5O4/c19-11-4-2-1-3-10(11)5-6-20-16-13-17(22-8-21-16)24(9-23-13)18-15(27)14(26)12(7-25)28-18/h1-4,8-9,12,14-15,18,25-27H,5-7H2,(H,20,21,22)/t12-,14-,15-,18?/m1/s1. The van der Waals surface area contributed by atoms with Crippen LogP contribution in [-0.2, 0) is 11.2 Å². The third-order valence-corrected chi connectivity index (χ3v) is 5.16. The van der Waals surface area contributed by atoms with Gasteiger partial charge in [0.1, 0.15) is 24.6 Å². The molecular weight excluding hydrogens is 386 g/mol. The molecule has 1 unspecified atom stereocenters. The summed E-state index contributed by atoms with van der Waals surface area (Å²) < 4.78 is 7.08. The molecule has 9 nitrogen and oxygen atoms in total. The molecule has 0 amide bonds. The Kier molecular flexibility index (Phi) is 5.42. The summed E-state index contributed by atoms with van der Waals surface area (Å²) >= 11 is 6.18. The predicted molar refractivity (Wildman–Crippen MR) is 102 cm³/mol. The maximum absolute atomic E-state index is 10.2. The van der Waals surface area contributed by atoms with E-state index < -0.39 is 31.1 Å². The van der Waals surface area contributed by atoms with E-state index in [2.05, 4.69) is 20.3 Å². The molecular formula is C18H20ClN5O4. The fourth-order valence-electron chi connectivity index (χ4n) is 3.29. The summed E-state index contributed by atoms with van der Waals surface area (Å²) in [4.78, 5) is 12.8. The molecule has 3 aromatic rings. The SMILES string of the molecule is OC[C@H]1OC(n2cnc3c(NCCc4ccccc4Cl)ncnc32)[C@H](O)[C@@H]1O. The molecule has 2 aromatic heterocycles. The van der Waals surface area contributed by atoms with Crippen LogP contribution in [0.15, 0.2) is 36.9 Å². The summed E-state index contributed by atoms with van der Waals surface area (Å²) in [5.41, 5.74) is 1.99. The number of aliphatic hydroxyl groups is 3. The Morgan fingerprint density at radius 3 is 2.71 bits per heavy atom. The van der Waals surface area contributed by atoms with Gasteiger partial charge in [-0.25, -0.2) is 15.0 Å². The number of benzene rings is 1. The first kappa shape index (κ1) is 19.0. The van der Waals surface area contributed by atoms with Crippen molar-refractivity contribution in [1.82, 2.24) is 19.5 Å². The Bertz CT molecular complexity index is 968. The second-order valence-electron chi connectivity index (χ2n) is 6.54. The van der Waals surface area contributed by atoms with Crippen molar-refractivity contribution in [2.45, 2.75) is 31.0 Å². The third kappa shape index (κ3) is 3.43. The second kappa shape index (κ2) is 7.98. The van der Waals surface area contributed by atoms with Crippen LogP contribution in [0.4, 0.5) is 5.82 Å². The van der Waals surface area contributed by atoms with Gasteiger partial charge in [-0.05, 0) is 18.1 Å². The van der Waals surface area contributed by atoms with Crippen molar-refractivity contribution in [1.29, 1.82) is 0 Å². The van der Waals surface area contributed by atoms with Crippen molar-refractivity contribution in [3.05, 3.63) is 47.5 Å². The summed E-state index contributed by atoms with van der Waals surface area (Å²) in [5.74, 6) is 0.544. The van der Waals surface area contributed by atoms with E-state index in [1.807, 2.05) is 24.3 Å². The fraction of sp³-hybridized carbons (Fsp3) is 0.389. The molecule has 0 aliphatic carbocycles. The van der Waals surface area contributed by atoms with E-state index in [9.17, 15) is 15.3 Å².